The van der Waals surface area contributed by atoms with Crippen LogP contribution in [0.5, 0.6) is 0 Å². The van der Waals surface area contributed by atoms with Gasteiger partial charge < -0.3 is 4.74 Å². The van der Waals surface area contributed by atoms with E-state index in [2.05, 4.69) is 15.9 Å². The number of thiophene rings is 1. The smallest absolute Gasteiger partial charge is 0.171 e. The van der Waals surface area contributed by atoms with Crippen LogP contribution >= 0.6 is 27.3 Å². The molecule has 0 aliphatic heterocycles. The number of hydrogen-bond donors (Lipinski definition) is 0. The van der Waals surface area contributed by atoms with E-state index in [9.17, 15) is 4.79 Å². The lowest BCUT2D eigenvalue weighted by atomic mass is 10.0. The average molecular weight is 325 g/mol. The van der Waals surface area contributed by atoms with Crippen LogP contribution in [0.4, 0.5) is 0 Å². The number of carbonyl (C=O) groups excluding carboxylic acids is 1. The molecule has 0 radical (unpaired) electrons. The van der Waals surface area contributed by atoms with E-state index >= 15 is 0 Å². The lowest BCUT2D eigenvalue weighted by Gasteiger charge is -2.13. The van der Waals surface area contributed by atoms with E-state index in [1.165, 1.54) is 0 Å². The Morgan fingerprint density at radius 2 is 2.00 bits per heavy atom. The molecule has 0 amide bonds. The van der Waals surface area contributed by atoms with Gasteiger partial charge in [-0.15, -0.1) is 11.3 Å². The molecule has 0 N–H and O–H groups in total. The Morgan fingerprint density at radius 1 is 1.28 bits per heavy atom. The van der Waals surface area contributed by atoms with E-state index < -0.39 is 6.10 Å². The van der Waals surface area contributed by atoms with Crippen LogP contribution in [0.25, 0.3) is 0 Å². The van der Waals surface area contributed by atoms with Gasteiger partial charge in [0.2, 0.25) is 0 Å². The molecule has 94 valence electrons. The van der Waals surface area contributed by atoms with Crippen LogP contribution in [-0.2, 0) is 16.0 Å². The van der Waals surface area contributed by atoms with Crippen molar-refractivity contribution in [3.63, 3.8) is 0 Å². The Morgan fingerprint density at radius 3 is 2.56 bits per heavy atom. The highest BCUT2D eigenvalue weighted by Crippen LogP contribution is 2.25. The van der Waals surface area contributed by atoms with Crippen LogP contribution in [0.2, 0.25) is 0 Å². The first kappa shape index (κ1) is 13.5. The summed E-state index contributed by atoms with van der Waals surface area (Å²) in [5.74, 6) is 0.0815. The van der Waals surface area contributed by atoms with Crippen molar-refractivity contribution in [1.29, 1.82) is 0 Å². The molecule has 0 aliphatic carbocycles. The molecule has 1 heterocycles. The Kier molecular flexibility index (Phi) is 4.69. The molecular formula is C14H13BrO2S. The molecule has 2 rings (SSSR count). The summed E-state index contributed by atoms with van der Waals surface area (Å²) in [5, 5.41) is 0. The fraction of sp³-hybridized carbons (Fsp3) is 0.214. The maximum absolute atomic E-state index is 12.2. The Bertz CT molecular complexity index is 522. The molecule has 0 saturated carbocycles. The molecular weight excluding hydrogens is 312 g/mol. The first-order chi connectivity index (χ1) is 8.70. The maximum atomic E-state index is 12.2. The minimum absolute atomic E-state index is 0.0815. The summed E-state index contributed by atoms with van der Waals surface area (Å²) >= 11 is 4.98. The molecule has 4 heteroatoms. The van der Waals surface area contributed by atoms with Crippen molar-refractivity contribution in [3.8, 4) is 0 Å². The second kappa shape index (κ2) is 6.27. The van der Waals surface area contributed by atoms with Gasteiger partial charge in [0, 0.05) is 18.4 Å². The van der Waals surface area contributed by atoms with Crippen LogP contribution in [-0.4, -0.2) is 12.9 Å². The molecule has 0 fully saturated rings. The van der Waals surface area contributed by atoms with Gasteiger partial charge in [-0.3, -0.25) is 4.79 Å². The molecule has 0 bridgehead atoms. The van der Waals surface area contributed by atoms with Crippen molar-refractivity contribution in [3.05, 3.63) is 56.7 Å². The van der Waals surface area contributed by atoms with E-state index in [4.69, 9.17) is 4.74 Å². The second-order valence-electron chi connectivity index (χ2n) is 3.88. The van der Waals surface area contributed by atoms with Gasteiger partial charge in [0.15, 0.2) is 5.78 Å². The van der Waals surface area contributed by atoms with Crippen molar-refractivity contribution in [2.75, 3.05) is 7.11 Å². The molecule has 1 atom stereocenters. The van der Waals surface area contributed by atoms with Gasteiger partial charge in [-0.2, -0.15) is 0 Å². The van der Waals surface area contributed by atoms with Crippen molar-refractivity contribution in [2.45, 2.75) is 12.5 Å². The lowest BCUT2D eigenvalue weighted by molar-refractivity contribution is -0.128. The molecule has 2 aromatic rings. The highest BCUT2D eigenvalue weighted by atomic mass is 79.9. The van der Waals surface area contributed by atoms with E-state index in [0.29, 0.717) is 6.42 Å². The van der Waals surface area contributed by atoms with E-state index in [-0.39, 0.29) is 5.78 Å². The highest BCUT2D eigenvalue weighted by molar-refractivity contribution is 9.11. The molecule has 1 aromatic carbocycles. The largest absolute Gasteiger partial charge is 0.369 e. The number of ketones is 1. The first-order valence-corrected chi connectivity index (χ1v) is 7.16. The minimum Gasteiger partial charge on any atom is -0.369 e. The van der Waals surface area contributed by atoms with E-state index in [0.717, 1.165) is 14.2 Å². The lowest BCUT2D eigenvalue weighted by Crippen LogP contribution is -2.16. The van der Waals surface area contributed by atoms with E-state index in [1.807, 2.05) is 42.5 Å². The van der Waals surface area contributed by atoms with Crippen LogP contribution < -0.4 is 0 Å². The summed E-state index contributed by atoms with van der Waals surface area (Å²) in [4.78, 5) is 13.3. The van der Waals surface area contributed by atoms with Gasteiger partial charge in [-0.05, 0) is 33.6 Å². The van der Waals surface area contributed by atoms with Crippen molar-refractivity contribution in [2.24, 2.45) is 0 Å². The topological polar surface area (TPSA) is 26.3 Å². The summed E-state index contributed by atoms with van der Waals surface area (Å²) < 4.78 is 6.36. The summed E-state index contributed by atoms with van der Waals surface area (Å²) in [5.41, 5.74) is 0.903. The van der Waals surface area contributed by atoms with Gasteiger partial charge in [-0.25, -0.2) is 0 Å². The number of ether oxygens (including phenoxy) is 1. The van der Waals surface area contributed by atoms with Gasteiger partial charge in [0.25, 0.3) is 0 Å². The highest BCUT2D eigenvalue weighted by Gasteiger charge is 2.20. The third-order valence-electron chi connectivity index (χ3n) is 2.61. The molecule has 18 heavy (non-hydrogen) atoms. The number of halogens is 1. The first-order valence-electron chi connectivity index (χ1n) is 5.55. The standard InChI is InChI=1S/C14H13BrO2S/c1-17-14(10-5-3-2-4-6-10)12(16)9-11-7-8-13(15)18-11/h2-8,14H,9H2,1H3. The zero-order chi connectivity index (χ0) is 13.0. The fourth-order valence-corrected chi connectivity index (χ4v) is 3.29. The number of benzene rings is 1. The fourth-order valence-electron chi connectivity index (χ4n) is 1.79. The van der Waals surface area contributed by atoms with Crippen molar-refractivity contribution < 1.29 is 9.53 Å². The van der Waals surface area contributed by atoms with Gasteiger partial charge in [0.1, 0.15) is 6.10 Å². The molecule has 0 aliphatic rings. The predicted octanol–water partition coefficient (Wildman–Crippen LogP) is 4.01. The Balaban J connectivity index is 2.11. The Hall–Kier alpha value is -0.970. The SMILES string of the molecule is COC(C(=O)Cc1ccc(Br)s1)c1ccccc1. The van der Waals surface area contributed by atoms with Gasteiger partial charge in [-0.1, -0.05) is 30.3 Å². The monoisotopic (exact) mass is 324 g/mol. The average Bonchev–Trinajstić information content (AvgIpc) is 2.77. The molecule has 1 aromatic heterocycles. The zero-order valence-corrected chi connectivity index (χ0v) is 12.3. The third kappa shape index (κ3) is 3.28. The summed E-state index contributed by atoms with van der Waals surface area (Å²) in [6.07, 6.45) is -0.0731. The van der Waals surface area contributed by atoms with Gasteiger partial charge in [0.05, 0.1) is 3.79 Å². The second-order valence-corrected chi connectivity index (χ2v) is 6.42. The maximum Gasteiger partial charge on any atom is 0.171 e. The molecule has 0 spiro atoms. The van der Waals surface area contributed by atoms with Crippen molar-refractivity contribution in [1.82, 2.24) is 0 Å². The van der Waals surface area contributed by atoms with E-state index in [1.54, 1.807) is 18.4 Å². The normalized spacial score (nSPS) is 12.3. The summed E-state index contributed by atoms with van der Waals surface area (Å²) in [6, 6.07) is 13.5. The zero-order valence-electron chi connectivity index (χ0n) is 9.93. The van der Waals surface area contributed by atoms with Crippen LogP contribution in [0.1, 0.15) is 16.5 Å². The Labute approximate surface area is 119 Å². The van der Waals surface area contributed by atoms with Gasteiger partial charge >= 0.3 is 0 Å². The summed E-state index contributed by atoms with van der Waals surface area (Å²) in [7, 11) is 1.57. The summed E-state index contributed by atoms with van der Waals surface area (Å²) in [6.45, 7) is 0. The number of methoxy groups -OCH3 is 1. The quantitative estimate of drug-likeness (QED) is 0.830. The van der Waals surface area contributed by atoms with Crippen LogP contribution in [0, 0.1) is 0 Å². The predicted molar refractivity (Wildman–Crippen MR) is 76.9 cm³/mol. The third-order valence-corrected chi connectivity index (χ3v) is 4.23. The van der Waals surface area contributed by atoms with Crippen molar-refractivity contribution >= 4 is 33.0 Å². The number of Topliss-reactive ketones (excluding diaryl/α,β-unsaturated/α-hetero) is 1. The number of rotatable bonds is 5. The molecule has 0 saturated heterocycles. The number of carbonyl (C=O) groups is 1. The molecule has 2 nitrogen and oxygen atoms in total. The minimum atomic E-state index is -0.480. The van der Waals surface area contributed by atoms with Crippen LogP contribution in [0.15, 0.2) is 46.3 Å². The number of hydrogen-bond acceptors (Lipinski definition) is 3. The van der Waals surface area contributed by atoms with Crippen LogP contribution in [0.3, 0.4) is 0 Å². The molecule has 1 unspecified atom stereocenters.